The Bertz CT molecular complexity index is 318. The fourth-order valence-corrected chi connectivity index (χ4v) is 1.41. The van der Waals surface area contributed by atoms with E-state index in [2.05, 4.69) is 40.1 Å². The van der Waals surface area contributed by atoms with Gasteiger partial charge in [0.05, 0.1) is 5.69 Å². The van der Waals surface area contributed by atoms with Crippen LogP contribution in [0.4, 0.5) is 5.69 Å². The zero-order valence-electron chi connectivity index (χ0n) is 8.96. The summed E-state index contributed by atoms with van der Waals surface area (Å²) in [5.74, 6) is 0.490. The lowest BCUT2D eigenvalue weighted by atomic mass is 10.4. The van der Waals surface area contributed by atoms with Gasteiger partial charge in [0, 0.05) is 23.3 Å². The molecule has 1 aromatic rings. The summed E-state index contributed by atoms with van der Waals surface area (Å²) in [6.45, 7) is 5.53. The van der Waals surface area contributed by atoms with Crippen molar-refractivity contribution in [2.45, 2.75) is 19.9 Å². The van der Waals surface area contributed by atoms with Crippen LogP contribution >= 0.6 is 15.9 Å². The van der Waals surface area contributed by atoms with Crippen LogP contribution in [0.1, 0.15) is 13.8 Å². The van der Waals surface area contributed by atoms with Gasteiger partial charge in [-0.1, -0.05) is 13.8 Å². The molecule has 0 aliphatic carbocycles. The number of ether oxygens (including phenoxy) is 1. The first-order valence-electron chi connectivity index (χ1n) is 4.87. The van der Waals surface area contributed by atoms with Crippen LogP contribution < -0.4 is 15.8 Å². The van der Waals surface area contributed by atoms with E-state index in [4.69, 9.17) is 10.5 Å². The van der Waals surface area contributed by atoms with Crippen molar-refractivity contribution in [3.63, 3.8) is 0 Å². The predicted octanol–water partition coefficient (Wildman–Crippen LogP) is 1.80. The third-order valence-electron chi connectivity index (χ3n) is 1.74. The molecule has 5 heteroatoms. The number of rotatable bonds is 5. The quantitative estimate of drug-likeness (QED) is 0.804. The molecule has 0 bridgehead atoms. The Hall–Kier alpha value is -0.810. The van der Waals surface area contributed by atoms with Gasteiger partial charge < -0.3 is 15.8 Å². The van der Waals surface area contributed by atoms with Gasteiger partial charge in [0.15, 0.2) is 0 Å². The van der Waals surface area contributed by atoms with Crippen LogP contribution in [-0.4, -0.2) is 24.2 Å². The minimum absolute atomic E-state index is 0.462. The number of pyridine rings is 1. The van der Waals surface area contributed by atoms with Crippen LogP contribution in [-0.2, 0) is 0 Å². The van der Waals surface area contributed by atoms with Gasteiger partial charge in [-0.3, -0.25) is 0 Å². The molecule has 15 heavy (non-hydrogen) atoms. The number of nitrogens with two attached hydrogens (primary N) is 1. The highest BCUT2D eigenvalue weighted by Gasteiger charge is 2.02. The molecule has 0 unspecified atom stereocenters. The number of hydrogen-bond acceptors (Lipinski definition) is 4. The van der Waals surface area contributed by atoms with E-state index in [-0.39, 0.29) is 0 Å². The summed E-state index contributed by atoms with van der Waals surface area (Å²) in [5.41, 5.74) is 6.28. The molecular weight excluding hydrogens is 258 g/mol. The minimum atomic E-state index is 0.462. The summed E-state index contributed by atoms with van der Waals surface area (Å²) in [7, 11) is 0. The van der Waals surface area contributed by atoms with E-state index in [1.807, 2.05) is 0 Å². The Labute approximate surface area is 98.3 Å². The van der Waals surface area contributed by atoms with Gasteiger partial charge in [0.1, 0.15) is 6.61 Å². The third-order valence-corrected chi connectivity index (χ3v) is 2.17. The fourth-order valence-electron chi connectivity index (χ4n) is 1.06. The molecule has 0 aliphatic heterocycles. The Kier molecular flexibility index (Phi) is 4.84. The lowest BCUT2D eigenvalue weighted by Gasteiger charge is -2.10. The first-order chi connectivity index (χ1) is 7.09. The van der Waals surface area contributed by atoms with Crippen LogP contribution in [0.3, 0.4) is 0 Å². The van der Waals surface area contributed by atoms with E-state index < -0.39 is 0 Å². The number of hydrogen-bond donors (Lipinski definition) is 2. The molecule has 0 aromatic carbocycles. The van der Waals surface area contributed by atoms with Gasteiger partial charge in [-0.05, 0) is 22.0 Å². The largest absolute Gasteiger partial charge is 0.475 e. The molecular formula is C10H16BrN3O. The molecule has 0 saturated carbocycles. The van der Waals surface area contributed by atoms with Crippen molar-refractivity contribution in [2.24, 2.45) is 0 Å². The van der Waals surface area contributed by atoms with Crippen molar-refractivity contribution < 1.29 is 4.74 Å². The first-order valence-corrected chi connectivity index (χ1v) is 5.66. The molecule has 84 valence electrons. The molecule has 4 nitrogen and oxygen atoms in total. The maximum atomic E-state index is 5.73. The molecule has 1 rings (SSSR count). The van der Waals surface area contributed by atoms with E-state index in [1.165, 1.54) is 0 Å². The van der Waals surface area contributed by atoms with Crippen molar-refractivity contribution in [3.05, 3.63) is 16.7 Å². The molecule has 0 spiro atoms. The lowest BCUT2D eigenvalue weighted by Crippen LogP contribution is -2.27. The first kappa shape index (κ1) is 12.3. The van der Waals surface area contributed by atoms with Crippen molar-refractivity contribution >= 4 is 21.6 Å². The maximum absolute atomic E-state index is 5.73. The average Bonchev–Trinajstić information content (AvgIpc) is 2.14. The molecule has 0 aliphatic rings. The zero-order valence-corrected chi connectivity index (χ0v) is 10.5. The number of halogens is 1. The molecule has 0 fully saturated rings. The summed E-state index contributed by atoms with van der Waals surface area (Å²) in [6, 6.07) is 2.24. The monoisotopic (exact) mass is 273 g/mol. The topological polar surface area (TPSA) is 60.2 Å². The van der Waals surface area contributed by atoms with Gasteiger partial charge in [-0.15, -0.1) is 0 Å². The van der Waals surface area contributed by atoms with Crippen molar-refractivity contribution in [1.29, 1.82) is 0 Å². The summed E-state index contributed by atoms with van der Waals surface area (Å²) in [5, 5.41) is 3.24. The molecule has 1 heterocycles. The molecule has 0 amide bonds. The van der Waals surface area contributed by atoms with Crippen molar-refractivity contribution in [1.82, 2.24) is 10.3 Å². The molecule has 0 atom stereocenters. The van der Waals surface area contributed by atoms with E-state index in [9.17, 15) is 0 Å². The van der Waals surface area contributed by atoms with Crippen LogP contribution in [0, 0.1) is 0 Å². The molecule has 0 saturated heterocycles. The lowest BCUT2D eigenvalue weighted by molar-refractivity contribution is 0.299. The number of nitrogen functional groups attached to an aromatic ring is 1. The molecule has 1 aromatic heterocycles. The van der Waals surface area contributed by atoms with Crippen LogP contribution in [0.25, 0.3) is 0 Å². The van der Waals surface area contributed by atoms with E-state index in [0.717, 1.165) is 11.0 Å². The normalized spacial score (nSPS) is 10.7. The minimum Gasteiger partial charge on any atom is -0.475 e. The van der Waals surface area contributed by atoms with Gasteiger partial charge >= 0.3 is 0 Å². The van der Waals surface area contributed by atoms with Crippen molar-refractivity contribution in [2.75, 3.05) is 18.9 Å². The van der Waals surface area contributed by atoms with Gasteiger partial charge in [0.2, 0.25) is 5.88 Å². The average molecular weight is 274 g/mol. The zero-order chi connectivity index (χ0) is 11.3. The summed E-state index contributed by atoms with van der Waals surface area (Å²) in [4.78, 5) is 4.07. The maximum Gasteiger partial charge on any atom is 0.237 e. The highest BCUT2D eigenvalue weighted by molar-refractivity contribution is 9.10. The summed E-state index contributed by atoms with van der Waals surface area (Å²) in [6.07, 6.45) is 1.67. The van der Waals surface area contributed by atoms with Crippen LogP contribution in [0.2, 0.25) is 0 Å². The smallest absolute Gasteiger partial charge is 0.237 e. The van der Waals surface area contributed by atoms with Crippen molar-refractivity contribution in [3.8, 4) is 5.88 Å². The standard InChI is InChI=1S/C10H16BrN3O/c1-7(2)13-3-4-15-10-9(12)5-8(11)6-14-10/h5-7,13H,3-4,12H2,1-2H3. The van der Waals surface area contributed by atoms with E-state index in [1.54, 1.807) is 12.3 Å². The number of anilines is 1. The highest BCUT2D eigenvalue weighted by Crippen LogP contribution is 2.21. The van der Waals surface area contributed by atoms with E-state index in [0.29, 0.717) is 24.2 Å². The Morgan fingerprint density at radius 3 is 2.93 bits per heavy atom. The SMILES string of the molecule is CC(C)NCCOc1ncc(Br)cc1N. The summed E-state index contributed by atoms with van der Waals surface area (Å²) < 4.78 is 6.28. The number of nitrogens with one attached hydrogen (secondary N) is 1. The third kappa shape index (κ3) is 4.48. The van der Waals surface area contributed by atoms with Crippen LogP contribution in [0.15, 0.2) is 16.7 Å². The number of aromatic nitrogens is 1. The predicted molar refractivity (Wildman–Crippen MR) is 65.0 cm³/mol. The second kappa shape index (κ2) is 5.92. The molecule has 3 N–H and O–H groups in total. The summed E-state index contributed by atoms with van der Waals surface area (Å²) >= 11 is 3.29. The highest BCUT2D eigenvalue weighted by atomic mass is 79.9. The second-order valence-electron chi connectivity index (χ2n) is 3.51. The molecule has 0 radical (unpaired) electrons. The second-order valence-corrected chi connectivity index (χ2v) is 4.42. The van der Waals surface area contributed by atoms with Gasteiger partial charge in [-0.25, -0.2) is 4.98 Å². The van der Waals surface area contributed by atoms with E-state index >= 15 is 0 Å². The fraction of sp³-hybridized carbons (Fsp3) is 0.500. The van der Waals surface area contributed by atoms with Crippen LogP contribution in [0.5, 0.6) is 5.88 Å². The van der Waals surface area contributed by atoms with Gasteiger partial charge in [0.25, 0.3) is 0 Å². The Morgan fingerprint density at radius 1 is 1.60 bits per heavy atom. The Morgan fingerprint density at radius 2 is 2.33 bits per heavy atom. The Balaban J connectivity index is 2.37. The van der Waals surface area contributed by atoms with Gasteiger partial charge in [-0.2, -0.15) is 0 Å². The number of nitrogens with zero attached hydrogens (tertiary/aromatic N) is 1.